The van der Waals surface area contributed by atoms with E-state index < -0.39 is 0 Å². The molecule has 1 saturated carbocycles. The molecule has 78 valence electrons. The van der Waals surface area contributed by atoms with Crippen LogP contribution in [0, 0.1) is 0 Å². The van der Waals surface area contributed by atoms with Crippen LogP contribution in [0.4, 0.5) is 0 Å². The lowest BCUT2D eigenvalue weighted by Crippen LogP contribution is -2.16. The number of hydrogen-bond donors (Lipinski definition) is 1. The van der Waals surface area contributed by atoms with E-state index in [4.69, 9.17) is 4.42 Å². The summed E-state index contributed by atoms with van der Waals surface area (Å²) in [6, 6.07) is 0.741. The maximum Gasteiger partial charge on any atom is 0.181 e. The van der Waals surface area contributed by atoms with Gasteiger partial charge in [-0.05, 0) is 19.3 Å². The van der Waals surface area contributed by atoms with Gasteiger partial charge < -0.3 is 9.73 Å². The van der Waals surface area contributed by atoms with E-state index in [1.54, 1.807) is 6.39 Å². The second-order valence-corrected chi connectivity index (χ2v) is 3.98. The molecule has 0 radical (unpaired) electrons. The Hall–Kier alpha value is -0.830. The third kappa shape index (κ3) is 2.58. The van der Waals surface area contributed by atoms with E-state index in [9.17, 15) is 0 Å². The molecule has 1 aromatic rings. The van der Waals surface area contributed by atoms with Gasteiger partial charge in [-0.3, -0.25) is 0 Å². The number of nitrogens with one attached hydrogen (secondary N) is 1. The molecule has 0 aromatic carbocycles. The summed E-state index contributed by atoms with van der Waals surface area (Å²) in [6.07, 6.45) is 7.62. The third-order valence-electron chi connectivity index (χ3n) is 2.62. The zero-order valence-electron chi connectivity index (χ0n) is 8.75. The molecule has 1 fully saturated rings. The minimum atomic E-state index is 0.741. The van der Waals surface area contributed by atoms with E-state index in [0.29, 0.717) is 0 Å². The number of oxazole rings is 1. The zero-order valence-corrected chi connectivity index (χ0v) is 8.75. The number of hydrogen-bond acceptors (Lipinski definition) is 3. The average molecular weight is 194 g/mol. The summed E-state index contributed by atoms with van der Waals surface area (Å²) in [5, 5.41) is 3.45. The van der Waals surface area contributed by atoms with Crippen molar-refractivity contribution in [1.29, 1.82) is 0 Å². The van der Waals surface area contributed by atoms with Crippen molar-refractivity contribution < 1.29 is 4.42 Å². The maximum atomic E-state index is 5.37. The fourth-order valence-electron chi connectivity index (χ4n) is 1.51. The molecule has 0 aliphatic heterocycles. The van der Waals surface area contributed by atoms with Crippen molar-refractivity contribution in [2.24, 2.45) is 0 Å². The Morgan fingerprint density at radius 2 is 2.43 bits per heavy atom. The van der Waals surface area contributed by atoms with Gasteiger partial charge in [-0.2, -0.15) is 0 Å². The maximum absolute atomic E-state index is 5.37. The first-order valence-corrected chi connectivity index (χ1v) is 5.54. The Kier molecular flexibility index (Phi) is 3.19. The molecule has 3 nitrogen and oxygen atoms in total. The molecule has 1 N–H and O–H groups in total. The Bertz CT molecular complexity index is 279. The van der Waals surface area contributed by atoms with E-state index >= 15 is 0 Å². The van der Waals surface area contributed by atoms with Crippen molar-refractivity contribution in [2.45, 2.75) is 51.6 Å². The van der Waals surface area contributed by atoms with Gasteiger partial charge in [-0.25, -0.2) is 4.98 Å². The van der Waals surface area contributed by atoms with Crippen molar-refractivity contribution in [3.8, 4) is 0 Å². The van der Waals surface area contributed by atoms with E-state index in [2.05, 4.69) is 17.2 Å². The molecule has 0 bridgehead atoms. The molecule has 3 heteroatoms. The molecule has 1 aromatic heterocycles. The lowest BCUT2D eigenvalue weighted by atomic mass is 10.2. The third-order valence-corrected chi connectivity index (χ3v) is 2.62. The van der Waals surface area contributed by atoms with Crippen LogP contribution in [-0.2, 0) is 13.0 Å². The summed E-state index contributed by atoms with van der Waals surface area (Å²) >= 11 is 0. The van der Waals surface area contributed by atoms with Crippen LogP contribution >= 0.6 is 0 Å². The predicted molar refractivity (Wildman–Crippen MR) is 55.0 cm³/mol. The summed E-state index contributed by atoms with van der Waals surface area (Å²) in [7, 11) is 0. The molecule has 0 amide bonds. The normalized spacial score (nSPS) is 16.1. The first-order chi connectivity index (χ1) is 6.90. The van der Waals surface area contributed by atoms with Gasteiger partial charge in [0.05, 0.1) is 5.69 Å². The minimum Gasteiger partial charge on any atom is -0.448 e. The largest absolute Gasteiger partial charge is 0.448 e. The van der Waals surface area contributed by atoms with Crippen molar-refractivity contribution in [3.63, 3.8) is 0 Å². The van der Waals surface area contributed by atoms with Crippen molar-refractivity contribution in [3.05, 3.63) is 17.8 Å². The fourth-order valence-corrected chi connectivity index (χ4v) is 1.51. The van der Waals surface area contributed by atoms with E-state index in [0.717, 1.165) is 30.5 Å². The highest BCUT2D eigenvalue weighted by Gasteiger charge is 2.21. The van der Waals surface area contributed by atoms with Gasteiger partial charge in [-0.1, -0.05) is 13.3 Å². The van der Waals surface area contributed by atoms with Gasteiger partial charge in [0.25, 0.3) is 0 Å². The monoisotopic (exact) mass is 194 g/mol. The second kappa shape index (κ2) is 4.60. The van der Waals surface area contributed by atoms with Crippen molar-refractivity contribution in [1.82, 2.24) is 10.3 Å². The molecule has 0 saturated heterocycles. The SMILES string of the molecule is CCCCc1ocnc1CNC1CC1. The quantitative estimate of drug-likeness (QED) is 0.755. The van der Waals surface area contributed by atoms with E-state index in [1.165, 1.54) is 25.7 Å². The van der Waals surface area contributed by atoms with Crippen LogP contribution in [0.2, 0.25) is 0 Å². The van der Waals surface area contributed by atoms with Crippen LogP contribution in [0.25, 0.3) is 0 Å². The molecule has 1 heterocycles. The topological polar surface area (TPSA) is 38.1 Å². The number of aryl methyl sites for hydroxylation is 1. The highest BCUT2D eigenvalue weighted by atomic mass is 16.3. The van der Waals surface area contributed by atoms with Crippen LogP contribution < -0.4 is 5.32 Å². The smallest absolute Gasteiger partial charge is 0.181 e. The molecular formula is C11H18N2O. The molecule has 0 atom stereocenters. The lowest BCUT2D eigenvalue weighted by Gasteiger charge is -2.01. The molecule has 2 rings (SSSR count). The summed E-state index contributed by atoms with van der Waals surface area (Å²) in [5.74, 6) is 1.07. The Morgan fingerprint density at radius 1 is 1.57 bits per heavy atom. The highest BCUT2D eigenvalue weighted by molar-refractivity contribution is 5.07. The Morgan fingerprint density at radius 3 is 3.14 bits per heavy atom. The van der Waals surface area contributed by atoms with Crippen LogP contribution in [0.5, 0.6) is 0 Å². The minimum absolute atomic E-state index is 0.741. The van der Waals surface area contributed by atoms with Crippen LogP contribution in [0.15, 0.2) is 10.8 Å². The van der Waals surface area contributed by atoms with Gasteiger partial charge in [0.2, 0.25) is 0 Å². The van der Waals surface area contributed by atoms with E-state index in [1.807, 2.05) is 0 Å². The van der Waals surface area contributed by atoms with Gasteiger partial charge in [-0.15, -0.1) is 0 Å². The van der Waals surface area contributed by atoms with E-state index in [-0.39, 0.29) is 0 Å². The first kappa shape index (κ1) is 9.71. The summed E-state index contributed by atoms with van der Waals surface area (Å²) in [6.45, 7) is 3.07. The van der Waals surface area contributed by atoms with Gasteiger partial charge in [0, 0.05) is 19.0 Å². The predicted octanol–water partition coefficient (Wildman–Crippen LogP) is 2.27. The lowest BCUT2D eigenvalue weighted by molar-refractivity contribution is 0.490. The number of rotatable bonds is 6. The zero-order chi connectivity index (χ0) is 9.80. The standard InChI is InChI=1S/C11H18N2O/c1-2-3-4-11-10(13-8-14-11)7-12-9-5-6-9/h8-9,12H,2-7H2,1H3. The van der Waals surface area contributed by atoms with Crippen molar-refractivity contribution >= 4 is 0 Å². The highest BCUT2D eigenvalue weighted by Crippen LogP contribution is 2.20. The summed E-state index contributed by atoms with van der Waals surface area (Å²) in [4.78, 5) is 4.24. The van der Waals surface area contributed by atoms with Crippen LogP contribution in [0.3, 0.4) is 0 Å². The molecule has 0 unspecified atom stereocenters. The number of nitrogens with zero attached hydrogens (tertiary/aromatic N) is 1. The summed E-state index contributed by atoms with van der Waals surface area (Å²) < 4.78 is 5.37. The van der Waals surface area contributed by atoms with Crippen LogP contribution in [0.1, 0.15) is 44.1 Å². The Balaban J connectivity index is 1.83. The fraction of sp³-hybridized carbons (Fsp3) is 0.727. The molecule has 1 aliphatic rings. The first-order valence-electron chi connectivity index (χ1n) is 5.54. The number of unbranched alkanes of at least 4 members (excludes halogenated alkanes) is 1. The second-order valence-electron chi connectivity index (χ2n) is 3.98. The van der Waals surface area contributed by atoms with Gasteiger partial charge in [0.1, 0.15) is 5.76 Å². The molecule has 14 heavy (non-hydrogen) atoms. The molecule has 1 aliphatic carbocycles. The van der Waals surface area contributed by atoms with Gasteiger partial charge in [0.15, 0.2) is 6.39 Å². The molecular weight excluding hydrogens is 176 g/mol. The Labute approximate surface area is 84.9 Å². The average Bonchev–Trinajstić information content (AvgIpc) is 2.92. The van der Waals surface area contributed by atoms with Gasteiger partial charge >= 0.3 is 0 Å². The summed E-state index contributed by atoms with van der Waals surface area (Å²) in [5.41, 5.74) is 1.10. The number of aromatic nitrogens is 1. The van der Waals surface area contributed by atoms with Crippen molar-refractivity contribution in [2.75, 3.05) is 0 Å². The van der Waals surface area contributed by atoms with Crippen LogP contribution in [-0.4, -0.2) is 11.0 Å². The molecule has 0 spiro atoms.